The maximum atomic E-state index is 12.2. The monoisotopic (exact) mass is 249 g/mol. The molecule has 0 aliphatic heterocycles. The molecule has 1 aromatic rings. The van der Waals surface area contributed by atoms with Gasteiger partial charge in [0, 0.05) is 26.7 Å². The first-order chi connectivity index (χ1) is 8.69. The number of hydrogen-bond donors (Lipinski definition) is 1. The summed E-state index contributed by atoms with van der Waals surface area (Å²) in [5, 5.41) is 0. The Morgan fingerprint density at radius 2 is 1.94 bits per heavy atom. The number of urea groups is 1. The van der Waals surface area contributed by atoms with Crippen molar-refractivity contribution in [2.45, 2.75) is 19.9 Å². The average molecular weight is 249 g/mol. The van der Waals surface area contributed by atoms with E-state index in [2.05, 4.69) is 0 Å². The van der Waals surface area contributed by atoms with Gasteiger partial charge in [-0.15, -0.1) is 0 Å². The van der Waals surface area contributed by atoms with Crippen LogP contribution < -0.4 is 5.73 Å². The van der Waals surface area contributed by atoms with Crippen LogP contribution in [0.5, 0.6) is 0 Å². The van der Waals surface area contributed by atoms with Crippen LogP contribution in [0.15, 0.2) is 30.3 Å². The third-order valence-electron chi connectivity index (χ3n) is 2.92. The molecule has 0 saturated heterocycles. The van der Waals surface area contributed by atoms with Gasteiger partial charge in [0.15, 0.2) is 0 Å². The lowest BCUT2D eigenvalue weighted by Crippen LogP contribution is -2.41. The van der Waals surface area contributed by atoms with Crippen molar-refractivity contribution in [2.24, 2.45) is 5.73 Å². The summed E-state index contributed by atoms with van der Waals surface area (Å²) in [4.78, 5) is 15.8. The van der Waals surface area contributed by atoms with Gasteiger partial charge in [0.05, 0.1) is 0 Å². The standard InChI is InChI=1S/C14H23N3O/c1-3-16(2)14(18)17(11-7-10-15)12-13-8-5-4-6-9-13/h4-6,8-9H,3,7,10-12,15H2,1-2H3. The molecule has 1 aromatic carbocycles. The van der Waals surface area contributed by atoms with Crippen LogP contribution in [-0.4, -0.2) is 42.5 Å². The molecule has 0 aliphatic carbocycles. The first-order valence-corrected chi connectivity index (χ1v) is 6.43. The lowest BCUT2D eigenvalue weighted by atomic mass is 10.2. The van der Waals surface area contributed by atoms with E-state index in [1.54, 1.807) is 4.90 Å². The van der Waals surface area contributed by atoms with Crippen LogP contribution >= 0.6 is 0 Å². The van der Waals surface area contributed by atoms with Gasteiger partial charge in [-0.2, -0.15) is 0 Å². The molecule has 0 fully saturated rings. The number of carbonyl (C=O) groups is 1. The van der Waals surface area contributed by atoms with Crippen LogP contribution in [0, 0.1) is 0 Å². The second kappa shape index (κ2) is 7.71. The molecule has 0 unspecified atom stereocenters. The predicted molar refractivity (Wildman–Crippen MR) is 74.2 cm³/mol. The first-order valence-electron chi connectivity index (χ1n) is 6.43. The highest BCUT2D eigenvalue weighted by Crippen LogP contribution is 2.07. The number of carbonyl (C=O) groups excluding carboxylic acids is 1. The highest BCUT2D eigenvalue weighted by atomic mass is 16.2. The second-order valence-corrected chi connectivity index (χ2v) is 4.35. The number of benzene rings is 1. The van der Waals surface area contributed by atoms with Gasteiger partial charge in [-0.05, 0) is 25.5 Å². The zero-order valence-electron chi connectivity index (χ0n) is 11.3. The molecule has 2 amide bonds. The summed E-state index contributed by atoms with van der Waals surface area (Å²) in [6.45, 7) is 4.64. The Bertz CT molecular complexity index is 353. The van der Waals surface area contributed by atoms with Crippen molar-refractivity contribution in [3.63, 3.8) is 0 Å². The van der Waals surface area contributed by atoms with E-state index in [1.165, 1.54) is 0 Å². The molecule has 0 aliphatic rings. The maximum absolute atomic E-state index is 12.2. The summed E-state index contributed by atoms with van der Waals surface area (Å²) in [5.74, 6) is 0. The Morgan fingerprint density at radius 3 is 2.50 bits per heavy atom. The Kier molecular flexibility index (Phi) is 6.22. The highest BCUT2D eigenvalue weighted by molar-refractivity contribution is 5.74. The second-order valence-electron chi connectivity index (χ2n) is 4.35. The maximum Gasteiger partial charge on any atom is 0.320 e. The van der Waals surface area contributed by atoms with Crippen molar-refractivity contribution < 1.29 is 4.79 Å². The largest absolute Gasteiger partial charge is 0.330 e. The molecule has 0 bridgehead atoms. The van der Waals surface area contributed by atoms with Crippen molar-refractivity contribution in [2.75, 3.05) is 26.7 Å². The van der Waals surface area contributed by atoms with Gasteiger partial charge in [0.2, 0.25) is 0 Å². The summed E-state index contributed by atoms with van der Waals surface area (Å²) in [5.41, 5.74) is 6.67. The number of hydrogen-bond acceptors (Lipinski definition) is 2. The average Bonchev–Trinajstić information content (AvgIpc) is 2.42. The molecule has 2 N–H and O–H groups in total. The van der Waals surface area contributed by atoms with Gasteiger partial charge in [-0.3, -0.25) is 0 Å². The fraction of sp³-hybridized carbons (Fsp3) is 0.500. The SMILES string of the molecule is CCN(C)C(=O)N(CCCN)Cc1ccccc1. The topological polar surface area (TPSA) is 49.6 Å². The number of nitrogens with two attached hydrogens (primary N) is 1. The van der Waals surface area contributed by atoms with Crippen molar-refractivity contribution in [3.8, 4) is 0 Å². The molecule has 0 spiro atoms. The van der Waals surface area contributed by atoms with Gasteiger partial charge < -0.3 is 15.5 Å². The fourth-order valence-electron chi connectivity index (χ4n) is 1.70. The summed E-state index contributed by atoms with van der Waals surface area (Å²) >= 11 is 0. The van der Waals surface area contributed by atoms with E-state index in [1.807, 2.05) is 49.2 Å². The molecule has 4 heteroatoms. The van der Waals surface area contributed by atoms with Crippen LogP contribution in [0.1, 0.15) is 18.9 Å². The van der Waals surface area contributed by atoms with E-state index in [9.17, 15) is 4.79 Å². The van der Waals surface area contributed by atoms with Crippen LogP contribution in [0.3, 0.4) is 0 Å². The molecule has 0 saturated carbocycles. The van der Waals surface area contributed by atoms with E-state index in [4.69, 9.17) is 5.73 Å². The predicted octanol–water partition coefficient (Wildman–Crippen LogP) is 1.91. The highest BCUT2D eigenvalue weighted by Gasteiger charge is 2.16. The zero-order valence-corrected chi connectivity index (χ0v) is 11.3. The normalized spacial score (nSPS) is 10.2. The van der Waals surface area contributed by atoms with Crippen LogP contribution in [-0.2, 0) is 6.54 Å². The van der Waals surface area contributed by atoms with Crippen molar-refractivity contribution >= 4 is 6.03 Å². The van der Waals surface area contributed by atoms with Crippen molar-refractivity contribution in [1.82, 2.24) is 9.80 Å². The third-order valence-corrected chi connectivity index (χ3v) is 2.92. The molecule has 0 aromatic heterocycles. The van der Waals surface area contributed by atoms with E-state index >= 15 is 0 Å². The molecule has 0 atom stereocenters. The van der Waals surface area contributed by atoms with Gasteiger partial charge in [-0.25, -0.2) is 4.79 Å². The summed E-state index contributed by atoms with van der Waals surface area (Å²) in [6.07, 6.45) is 0.829. The minimum atomic E-state index is 0.0646. The fourth-order valence-corrected chi connectivity index (χ4v) is 1.70. The lowest BCUT2D eigenvalue weighted by molar-refractivity contribution is 0.161. The zero-order chi connectivity index (χ0) is 13.4. The summed E-state index contributed by atoms with van der Waals surface area (Å²) in [6, 6.07) is 10.1. The van der Waals surface area contributed by atoms with Gasteiger partial charge >= 0.3 is 6.03 Å². The molecular weight excluding hydrogens is 226 g/mol. The minimum absolute atomic E-state index is 0.0646. The van der Waals surface area contributed by atoms with Gasteiger partial charge in [-0.1, -0.05) is 30.3 Å². The van der Waals surface area contributed by atoms with Gasteiger partial charge in [0.1, 0.15) is 0 Å². The Balaban J connectivity index is 2.69. The molecule has 0 heterocycles. The Labute approximate surface area is 109 Å². The van der Waals surface area contributed by atoms with E-state index in [0.29, 0.717) is 26.2 Å². The van der Waals surface area contributed by atoms with Gasteiger partial charge in [0.25, 0.3) is 0 Å². The number of rotatable bonds is 6. The first kappa shape index (κ1) is 14.5. The Hall–Kier alpha value is -1.55. The Morgan fingerprint density at radius 1 is 1.28 bits per heavy atom. The molecule has 0 radical (unpaired) electrons. The molecule has 4 nitrogen and oxygen atoms in total. The molecular formula is C14H23N3O. The minimum Gasteiger partial charge on any atom is -0.330 e. The van der Waals surface area contributed by atoms with E-state index < -0.39 is 0 Å². The lowest BCUT2D eigenvalue weighted by Gasteiger charge is -2.27. The molecule has 100 valence electrons. The molecule has 18 heavy (non-hydrogen) atoms. The smallest absolute Gasteiger partial charge is 0.320 e. The third kappa shape index (κ3) is 4.37. The van der Waals surface area contributed by atoms with E-state index in [0.717, 1.165) is 12.0 Å². The summed E-state index contributed by atoms with van der Waals surface area (Å²) in [7, 11) is 1.82. The van der Waals surface area contributed by atoms with E-state index in [-0.39, 0.29) is 6.03 Å². The summed E-state index contributed by atoms with van der Waals surface area (Å²) < 4.78 is 0. The van der Waals surface area contributed by atoms with Crippen molar-refractivity contribution in [3.05, 3.63) is 35.9 Å². The molecule has 1 rings (SSSR count). The number of nitrogens with zero attached hydrogens (tertiary/aromatic N) is 2. The number of amides is 2. The quantitative estimate of drug-likeness (QED) is 0.837. The van der Waals surface area contributed by atoms with Crippen LogP contribution in [0.25, 0.3) is 0 Å². The van der Waals surface area contributed by atoms with Crippen LogP contribution in [0.2, 0.25) is 0 Å². The van der Waals surface area contributed by atoms with Crippen molar-refractivity contribution in [1.29, 1.82) is 0 Å². The van der Waals surface area contributed by atoms with Crippen LogP contribution in [0.4, 0.5) is 4.79 Å².